The lowest BCUT2D eigenvalue weighted by Crippen LogP contribution is -2.63. The van der Waals surface area contributed by atoms with E-state index in [-0.39, 0.29) is 11.4 Å². The molecular weight excluding hydrogens is 494 g/mol. The number of ether oxygens (including phenoxy) is 7. The van der Waals surface area contributed by atoms with Gasteiger partial charge in [-0.2, -0.15) is 0 Å². The Bertz CT molecular complexity index is 1190. The zero-order valence-electron chi connectivity index (χ0n) is 20.8. The maximum Gasteiger partial charge on any atom is 0.358 e. The van der Waals surface area contributed by atoms with Gasteiger partial charge in [0.1, 0.15) is 12.7 Å². The first-order valence-corrected chi connectivity index (χ1v) is 11.2. The van der Waals surface area contributed by atoms with Gasteiger partial charge in [0.05, 0.1) is 7.11 Å². The van der Waals surface area contributed by atoms with E-state index < -0.39 is 67.2 Å². The third-order valence-corrected chi connectivity index (χ3v) is 5.23. The highest BCUT2D eigenvalue weighted by atomic mass is 16.7. The highest BCUT2D eigenvalue weighted by molar-refractivity contribution is 6.00. The number of H-pyrrole nitrogens is 1. The van der Waals surface area contributed by atoms with Crippen LogP contribution in [0.4, 0.5) is 0 Å². The monoisotopic (exact) mass is 521 g/mol. The third-order valence-electron chi connectivity index (χ3n) is 5.23. The van der Waals surface area contributed by atoms with Gasteiger partial charge in [-0.3, -0.25) is 19.2 Å². The van der Waals surface area contributed by atoms with Crippen molar-refractivity contribution in [2.45, 2.75) is 58.4 Å². The summed E-state index contributed by atoms with van der Waals surface area (Å²) in [5, 5.41) is 0.468. The van der Waals surface area contributed by atoms with E-state index in [0.717, 1.165) is 27.7 Å². The van der Waals surface area contributed by atoms with Gasteiger partial charge in [-0.15, -0.1) is 0 Å². The van der Waals surface area contributed by atoms with Crippen LogP contribution in [0, 0.1) is 0 Å². The minimum absolute atomic E-state index is 0.00310. The molecule has 3 rings (SSSR count). The highest BCUT2D eigenvalue weighted by Gasteiger charge is 2.53. The Morgan fingerprint density at radius 3 is 2.03 bits per heavy atom. The lowest BCUT2D eigenvalue weighted by atomic mass is 9.98. The summed E-state index contributed by atoms with van der Waals surface area (Å²) in [6, 6.07) is 6.80. The molecule has 0 saturated carbocycles. The standard InChI is InChI=1S/C24H27NO12/c1-11(26)32-10-17-20(33-12(2)27)21(34-13(3)28)22(35-14(4)29)24(36-17)37-19-15-8-6-7-9-16(15)25-18(19)23(30)31-5/h6-9,17,20-22,24-25H,10H2,1-5H3/t17?,20-,21?,22?,24-/m0/s1. The zero-order chi connectivity index (χ0) is 27.3. The van der Waals surface area contributed by atoms with Gasteiger partial charge in [0.2, 0.25) is 12.4 Å². The number of benzene rings is 1. The second-order valence-corrected chi connectivity index (χ2v) is 8.05. The van der Waals surface area contributed by atoms with Crippen LogP contribution in [0.1, 0.15) is 38.2 Å². The smallest absolute Gasteiger partial charge is 0.358 e. The van der Waals surface area contributed by atoms with Crippen LogP contribution in [0.3, 0.4) is 0 Å². The van der Waals surface area contributed by atoms with Crippen molar-refractivity contribution in [3.8, 4) is 5.75 Å². The molecule has 0 bridgehead atoms. The number of carbonyl (C=O) groups is 5. The van der Waals surface area contributed by atoms with Gasteiger partial charge in [0.15, 0.2) is 23.7 Å². The molecule has 5 atom stereocenters. The fraction of sp³-hybridized carbons (Fsp3) is 0.458. The Kier molecular flexibility index (Phi) is 8.71. The summed E-state index contributed by atoms with van der Waals surface area (Å²) in [5.74, 6) is -3.73. The van der Waals surface area contributed by atoms with E-state index >= 15 is 0 Å². The van der Waals surface area contributed by atoms with Crippen molar-refractivity contribution in [3.63, 3.8) is 0 Å². The molecule has 2 aromatic rings. The number of carbonyl (C=O) groups excluding carboxylic acids is 5. The minimum atomic E-state index is -1.51. The maximum absolute atomic E-state index is 12.5. The van der Waals surface area contributed by atoms with Crippen molar-refractivity contribution in [1.82, 2.24) is 4.98 Å². The van der Waals surface area contributed by atoms with Crippen LogP contribution in [0.5, 0.6) is 5.75 Å². The third kappa shape index (κ3) is 6.55. The van der Waals surface area contributed by atoms with Crippen LogP contribution in [0.2, 0.25) is 0 Å². The maximum atomic E-state index is 12.5. The average molecular weight is 521 g/mol. The first-order valence-electron chi connectivity index (χ1n) is 11.2. The number of aromatic amines is 1. The van der Waals surface area contributed by atoms with Gasteiger partial charge in [-0.25, -0.2) is 4.79 Å². The topological polar surface area (TPSA) is 166 Å². The molecule has 37 heavy (non-hydrogen) atoms. The molecule has 2 heterocycles. The minimum Gasteiger partial charge on any atom is -0.464 e. The predicted molar refractivity (Wildman–Crippen MR) is 122 cm³/mol. The second-order valence-electron chi connectivity index (χ2n) is 8.05. The lowest BCUT2D eigenvalue weighted by molar-refractivity contribution is -0.288. The Balaban J connectivity index is 2.11. The molecule has 13 nitrogen and oxygen atoms in total. The quantitative estimate of drug-likeness (QED) is 0.393. The molecule has 0 aliphatic carbocycles. The van der Waals surface area contributed by atoms with Crippen LogP contribution < -0.4 is 4.74 Å². The van der Waals surface area contributed by atoms with E-state index in [2.05, 4.69) is 4.98 Å². The molecule has 0 radical (unpaired) electrons. The lowest BCUT2D eigenvalue weighted by Gasteiger charge is -2.43. The van der Waals surface area contributed by atoms with Crippen molar-refractivity contribution in [2.75, 3.05) is 13.7 Å². The number of hydrogen-bond acceptors (Lipinski definition) is 12. The second kappa shape index (κ2) is 11.7. The molecular formula is C24H27NO12. The number of fused-ring (bicyclic) bond motifs is 1. The largest absolute Gasteiger partial charge is 0.464 e. The molecule has 1 aliphatic heterocycles. The van der Waals surface area contributed by atoms with Gasteiger partial charge < -0.3 is 38.1 Å². The van der Waals surface area contributed by atoms with Crippen molar-refractivity contribution in [2.24, 2.45) is 0 Å². The fourth-order valence-corrected chi connectivity index (χ4v) is 3.88. The normalized spacial score (nSPS) is 23.0. The van der Waals surface area contributed by atoms with E-state index in [1.807, 2.05) is 0 Å². The summed E-state index contributed by atoms with van der Waals surface area (Å²) >= 11 is 0. The van der Waals surface area contributed by atoms with Gasteiger partial charge in [0.25, 0.3) is 0 Å². The van der Waals surface area contributed by atoms with Crippen molar-refractivity contribution in [1.29, 1.82) is 0 Å². The zero-order valence-corrected chi connectivity index (χ0v) is 20.8. The summed E-state index contributed by atoms with van der Waals surface area (Å²) < 4.78 is 38.1. The first kappa shape index (κ1) is 27.5. The number of nitrogens with one attached hydrogen (secondary N) is 1. The van der Waals surface area contributed by atoms with Gasteiger partial charge in [0, 0.05) is 38.6 Å². The Hall–Kier alpha value is -4.13. The molecule has 1 aromatic carbocycles. The summed E-state index contributed by atoms with van der Waals surface area (Å²) in [5.41, 5.74) is 0.472. The van der Waals surface area contributed by atoms with E-state index in [1.165, 1.54) is 7.11 Å². The van der Waals surface area contributed by atoms with Gasteiger partial charge >= 0.3 is 29.8 Å². The van der Waals surface area contributed by atoms with Crippen LogP contribution >= 0.6 is 0 Å². The molecule has 1 aromatic heterocycles. The van der Waals surface area contributed by atoms with E-state index in [4.69, 9.17) is 33.2 Å². The molecule has 200 valence electrons. The van der Waals surface area contributed by atoms with E-state index in [0.29, 0.717) is 10.9 Å². The first-order chi connectivity index (χ1) is 17.5. The van der Waals surface area contributed by atoms with Crippen molar-refractivity contribution in [3.05, 3.63) is 30.0 Å². The van der Waals surface area contributed by atoms with Crippen molar-refractivity contribution < 1.29 is 57.1 Å². The SMILES string of the molecule is COC(=O)c1[nH]c2ccccc2c1O[C@@H]1OC(COC(C)=O)[C@H](OC(C)=O)C(OC(C)=O)C1OC(C)=O. The number of esters is 5. The number of aromatic nitrogens is 1. The Morgan fingerprint density at radius 1 is 0.838 bits per heavy atom. The predicted octanol–water partition coefficient (Wildman–Crippen LogP) is 1.42. The van der Waals surface area contributed by atoms with E-state index in [1.54, 1.807) is 24.3 Å². The number of methoxy groups -OCH3 is 1. The summed E-state index contributed by atoms with van der Waals surface area (Å²) in [7, 11) is 1.19. The molecule has 1 aliphatic rings. The molecule has 1 saturated heterocycles. The van der Waals surface area contributed by atoms with Crippen LogP contribution in [0.15, 0.2) is 24.3 Å². The number of hydrogen-bond donors (Lipinski definition) is 1. The molecule has 0 amide bonds. The molecule has 3 unspecified atom stereocenters. The van der Waals surface area contributed by atoms with Gasteiger partial charge in [-0.05, 0) is 12.1 Å². The summed E-state index contributed by atoms with van der Waals surface area (Å²) in [6.45, 7) is 4.08. The number of para-hydroxylation sites is 1. The highest BCUT2D eigenvalue weighted by Crippen LogP contribution is 2.36. The van der Waals surface area contributed by atoms with Crippen LogP contribution in [-0.4, -0.2) is 79.3 Å². The summed E-state index contributed by atoms with van der Waals surface area (Å²) in [6.07, 6.45) is -6.94. The van der Waals surface area contributed by atoms with E-state index in [9.17, 15) is 24.0 Å². The average Bonchev–Trinajstić information content (AvgIpc) is 3.18. The summed E-state index contributed by atoms with van der Waals surface area (Å²) in [4.78, 5) is 62.8. The van der Waals surface area contributed by atoms with Crippen LogP contribution in [-0.2, 0) is 47.6 Å². The molecule has 1 N–H and O–H groups in total. The molecule has 0 spiro atoms. The van der Waals surface area contributed by atoms with Crippen LogP contribution in [0.25, 0.3) is 10.9 Å². The molecule has 13 heteroatoms. The van der Waals surface area contributed by atoms with Crippen molar-refractivity contribution >= 4 is 40.7 Å². The van der Waals surface area contributed by atoms with Gasteiger partial charge in [-0.1, -0.05) is 12.1 Å². The fourth-order valence-electron chi connectivity index (χ4n) is 3.88. The Morgan fingerprint density at radius 2 is 1.43 bits per heavy atom. The molecule has 1 fully saturated rings. The Labute approximate surface area is 211 Å². The number of rotatable bonds is 8.